The van der Waals surface area contributed by atoms with Crippen LogP contribution < -0.4 is 15.6 Å². The van der Waals surface area contributed by atoms with E-state index in [1.165, 1.54) is 24.3 Å². The first-order valence-electron chi connectivity index (χ1n) is 12.2. The second-order valence-corrected chi connectivity index (χ2v) is 9.64. The molecule has 0 heterocycles. The maximum Gasteiger partial charge on any atom is 0.492 e. The Morgan fingerprint density at radius 2 is 1.58 bits per heavy atom. The summed E-state index contributed by atoms with van der Waals surface area (Å²) in [4.78, 5) is 26.7. The third-order valence-corrected chi connectivity index (χ3v) is 5.08. The standard InChI is InChI=1S/C25H35BN2O6.C2H6/c1-16-12-17(2)14-19(13-16)24(30)28(15-25(4,5)6)27-23(29)20-8-9-21(26(31)32)22(18(20)3)34-11-10-33-7;1-2/h8-9,12-14,31-32H,10-11,15H2,1-7H3,(H,27,29);1-2H3. The largest absolute Gasteiger partial charge is 0.492 e. The monoisotopic (exact) mass is 500 g/mol. The van der Waals surface area contributed by atoms with Gasteiger partial charge in [0.05, 0.1) is 6.61 Å². The van der Waals surface area contributed by atoms with Gasteiger partial charge in [0.15, 0.2) is 0 Å². The van der Waals surface area contributed by atoms with Crippen LogP contribution in [0.25, 0.3) is 0 Å². The summed E-state index contributed by atoms with van der Waals surface area (Å²) >= 11 is 0. The van der Waals surface area contributed by atoms with Gasteiger partial charge in [-0.25, -0.2) is 5.01 Å². The molecule has 0 radical (unpaired) electrons. The molecule has 0 unspecified atom stereocenters. The SMILES string of the molecule is CC.COCCOc1c(B(O)O)ccc(C(=O)NN(CC(C)(C)C)C(=O)c2cc(C)cc(C)c2)c1C. The molecule has 8 nitrogen and oxygen atoms in total. The lowest BCUT2D eigenvalue weighted by Crippen LogP contribution is -2.50. The summed E-state index contributed by atoms with van der Waals surface area (Å²) in [5.41, 5.74) is 5.69. The molecule has 2 amide bonds. The van der Waals surface area contributed by atoms with Gasteiger partial charge >= 0.3 is 7.12 Å². The minimum atomic E-state index is -1.77. The third-order valence-electron chi connectivity index (χ3n) is 5.08. The van der Waals surface area contributed by atoms with Crippen LogP contribution in [0.1, 0.15) is 72.0 Å². The number of carbonyl (C=O) groups is 2. The van der Waals surface area contributed by atoms with E-state index in [4.69, 9.17) is 9.47 Å². The van der Waals surface area contributed by atoms with Crippen molar-refractivity contribution in [1.82, 2.24) is 10.4 Å². The van der Waals surface area contributed by atoms with Crippen LogP contribution in [0.2, 0.25) is 0 Å². The molecule has 0 spiro atoms. The lowest BCUT2D eigenvalue weighted by atomic mass is 9.78. The van der Waals surface area contributed by atoms with E-state index < -0.39 is 13.0 Å². The smallest absolute Gasteiger partial charge is 0.491 e. The van der Waals surface area contributed by atoms with E-state index in [0.29, 0.717) is 17.7 Å². The van der Waals surface area contributed by atoms with Crippen LogP contribution in [0.3, 0.4) is 0 Å². The first-order chi connectivity index (χ1) is 16.8. The Bertz CT molecular complexity index is 1010. The van der Waals surface area contributed by atoms with Crippen molar-refractivity contribution in [3.63, 3.8) is 0 Å². The minimum absolute atomic E-state index is 0.142. The second kappa shape index (κ2) is 14.0. The number of rotatable bonds is 8. The van der Waals surface area contributed by atoms with Gasteiger partial charge in [-0.3, -0.25) is 15.0 Å². The Hall–Kier alpha value is -2.88. The Labute approximate surface area is 215 Å². The topological polar surface area (TPSA) is 108 Å². The highest BCUT2D eigenvalue weighted by molar-refractivity contribution is 6.59. The van der Waals surface area contributed by atoms with Crippen LogP contribution in [0.4, 0.5) is 0 Å². The van der Waals surface area contributed by atoms with E-state index in [-0.39, 0.29) is 41.2 Å². The zero-order valence-electron chi connectivity index (χ0n) is 23.1. The summed E-state index contributed by atoms with van der Waals surface area (Å²) in [5.74, 6) is -0.621. The van der Waals surface area contributed by atoms with Crippen LogP contribution in [0.5, 0.6) is 5.75 Å². The van der Waals surface area contributed by atoms with Gasteiger partial charge in [-0.2, -0.15) is 0 Å². The molecule has 0 aliphatic rings. The number of benzene rings is 2. The number of hydrazine groups is 1. The molecule has 3 N–H and O–H groups in total. The molecule has 2 rings (SSSR count). The normalized spacial score (nSPS) is 10.8. The highest BCUT2D eigenvalue weighted by Crippen LogP contribution is 2.22. The van der Waals surface area contributed by atoms with Gasteiger partial charge in [-0.1, -0.05) is 57.9 Å². The molecular formula is C27H41BN2O6. The molecule has 2 aromatic carbocycles. The zero-order chi connectivity index (χ0) is 27.6. The van der Waals surface area contributed by atoms with Crippen LogP contribution in [0, 0.1) is 26.2 Å². The summed E-state index contributed by atoms with van der Waals surface area (Å²) in [6.07, 6.45) is 0. The quantitative estimate of drug-likeness (QED) is 0.292. The summed E-state index contributed by atoms with van der Waals surface area (Å²) in [5, 5.41) is 20.8. The molecule has 0 atom stereocenters. The highest BCUT2D eigenvalue weighted by Gasteiger charge is 2.27. The molecular weight excluding hydrogens is 459 g/mol. The minimum Gasteiger partial charge on any atom is -0.491 e. The molecule has 0 aliphatic carbocycles. The second-order valence-electron chi connectivity index (χ2n) is 9.64. The lowest BCUT2D eigenvalue weighted by Gasteiger charge is -2.30. The predicted octanol–water partition coefficient (Wildman–Crippen LogP) is 3.18. The van der Waals surface area contributed by atoms with E-state index in [2.05, 4.69) is 5.43 Å². The van der Waals surface area contributed by atoms with Gasteiger partial charge in [0.1, 0.15) is 12.4 Å². The number of nitrogens with one attached hydrogen (secondary N) is 1. The fourth-order valence-electron chi connectivity index (χ4n) is 3.65. The molecule has 0 saturated heterocycles. The van der Waals surface area contributed by atoms with Gasteiger partial charge in [0, 0.05) is 35.8 Å². The number of aryl methyl sites for hydroxylation is 2. The Kier molecular flexibility index (Phi) is 12.1. The molecule has 36 heavy (non-hydrogen) atoms. The number of hydrogen-bond acceptors (Lipinski definition) is 6. The van der Waals surface area contributed by atoms with Gasteiger partial charge in [0.25, 0.3) is 11.8 Å². The summed E-state index contributed by atoms with van der Waals surface area (Å²) < 4.78 is 10.7. The van der Waals surface area contributed by atoms with E-state index in [1.807, 2.05) is 54.5 Å². The third kappa shape index (κ3) is 8.97. The van der Waals surface area contributed by atoms with Crippen molar-refractivity contribution in [2.75, 3.05) is 26.9 Å². The van der Waals surface area contributed by atoms with E-state index in [9.17, 15) is 19.6 Å². The van der Waals surface area contributed by atoms with Gasteiger partial charge in [-0.15, -0.1) is 0 Å². The molecule has 0 fully saturated rings. The van der Waals surface area contributed by atoms with Crippen molar-refractivity contribution >= 4 is 24.4 Å². The highest BCUT2D eigenvalue weighted by atomic mass is 16.5. The number of nitrogens with zero attached hydrogens (tertiary/aromatic N) is 1. The fourth-order valence-corrected chi connectivity index (χ4v) is 3.65. The maximum atomic E-state index is 13.4. The molecule has 198 valence electrons. The summed E-state index contributed by atoms with van der Waals surface area (Å²) in [6, 6.07) is 8.48. The molecule has 0 bridgehead atoms. The first-order valence-corrected chi connectivity index (χ1v) is 12.2. The van der Waals surface area contributed by atoms with Gasteiger partial charge < -0.3 is 19.5 Å². The average Bonchev–Trinajstić information content (AvgIpc) is 2.78. The molecule has 0 aromatic heterocycles. The van der Waals surface area contributed by atoms with Crippen LogP contribution in [-0.4, -0.2) is 60.9 Å². The van der Waals surface area contributed by atoms with Crippen LogP contribution in [-0.2, 0) is 4.74 Å². The Morgan fingerprint density at radius 1 is 1.00 bits per heavy atom. The maximum absolute atomic E-state index is 13.4. The fraction of sp³-hybridized carbons (Fsp3) is 0.481. The molecule has 0 saturated carbocycles. The van der Waals surface area contributed by atoms with E-state index >= 15 is 0 Å². The van der Waals surface area contributed by atoms with E-state index in [1.54, 1.807) is 19.1 Å². The number of hydrogen-bond donors (Lipinski definition) is 3. The average molecular weight is 500 g/mol. The number of methoxy groups -OCH3 is 1. The van der Waals surface area contributed by atoms with Gasteiger partial charge in [0.2, 0.25) is 0 Å². The molecule has 2 aromatic rings. The van der Waals surface area contributed by atoms with Crippen molar-refractivity contribution in [2.45, 2.75) is 55.4 Å². The predicted molar refractivity (Wildman–Crippen MR) is 144 cm³/mol. The Balaban J connectivity index is 0.00000316. The number of carbonyl (C=O) groups excluding carboxylic acids is 2. The van der Waals surface area contributed by atoms with Crippen molar-refractivity contribution in [3.8, 4) is 5.75 Å². The van der Waals surface area contributed by atoms with Crippen LogP contribution in [0.15, 0.2) is 30.3 Å². The van der Waals surface area contributed by atoms with E-state index in [0.717, 1.165) is 11.1 Å². The Morgan fingerprint density at radius 3 is 2.08 bits per heavy atom. The summed E-state index contributed by atoms with van der Waals surface area (Å²) in [6.45, 7) is 16.2. The van der Waals surface area contributed by atoms with Gasteiger partial charge in [-0.05, 0) is 44.4 Å². The summed E-state index contributed by atoms with van der Waals surface area (Å²) in [7, 11) is -0.241. The van der Waals surface area contributed by atoms with Crippen molar-refractivity contribution < 1.29 is 29.1 Å². The van der Waals surface area contributed by atoms with Crippen molar-refractivity contribution in [3.05, 3.63) is 58.1 Å². The lowest BCUT2D eigenvalue weighted by molar-refractivity contribution is 0.0508. The van der Waals surface area contributed by atoms with Crippen molar-refractivity contribution in [2.24, 2.45) is 5.41 Å². The zero-order valence-corrected chi connectivity index (χ0v) is 23.1. The first kappa shape index (κ1) is 31.2. The van der Waals surface area contributed by atoms with Crippen molar-refractivity contribution in [1.29, 1.82) is 0 Å². The molecule has 0 aliphatic heterocycles. The number of amides is 2. The number of ether oxygens (including phenoxy) is 2. The van der Waals surface area contributed by atoms with Crippen LogP contribution >= 0.6 is 0 Å². The molecule has 9 heteroatoms.